The minimum absolute atomic E-state index is 0.110. The number of aromatic nitrogens is 3. The van der Waals surface area contributed by atoms with Gasteiger partial charge in [0, 0.05) is 24.1 Å². The minimum Gasteiger partial charge on any atom is -0.292 e. The van der Waals surface area contributed by atoms with Crippen LogP contribution >= 0.6 is 0 Å². The van der Waals surface area contributed by atoms with E-state index in [2.05, 4.69) is 10.3 Å². The Balaban J connectivity index is 1.85. The molecule has 7 heteroatoms. The minimum atomic E-state index is -0.911. The summed E-state index contributed by atoms with van der Waals surface area (Å²) in [5, 5.41) is 7.69. The summed E-state index contributed by atoms with van der Waals surface area (Å²) in [4.78, 5) is 11.8. The van der Waals surface area contributed by atoms with Crippen molar-refractivity contribution in [3.05, 3.63) is 65.2 Å². The van der Waals surface area contributed by atoms with Crippen molar-refractivity contribution in [1.82, 2.24) is 15.0 Å². The summed E-state index contributed by atoms with van der Waals surface area (Å²) >= 11 is 0. The average molecular weight is 343 g/mol. The molecule has 0 fully saturated rings. The molecule has 25 heavy (non-hydrogen) atoms. The molecule has 0 aliphatic heterocycles. The zero-order chi connectivity index (χ0) is 17.6. The van der Waals surface area contributed by atoms with Crippen LogP contribution in [0.15, 0.2) is 36.4 Å². The highest BCUT2D eigenvalue weighted by Gasteiger charge is 2.25. The van der Waals surface area contributed by atoms with Crippen LogP contribution in [0.3, 0.4) is 0 Å². The Bertz CT molecular complexity index is 974. The molecule has 0 N–H and O–H groups in total. The van der Waals surface area contributed by atoms with Gasteiger partial charge in [-0.05, 0) is 18.9 Å². The van der Waals surface area contributed by atoms with Gasteiger partial charge in [0.15, 0.2) is 11.5 Å². The highest BCUT2D eigenvalue weighted by Crippen LogP contribution is 2.31. The number of carbonyl (C=O) groups excluding carboxylic acids is 1. The van der Waals surface area contributed by atoms with E-state index in [1.807, 2.05) is 0 Å². The fourth-order valence-corrected chi connectivity index (χ4v) is 3.09. The largest absolute Gasteiger partial charge is 0.292 e. The Morgan fingerprint density at radius 1 is 0.960 bits per heavy atom. The Hall–Kier alpha value is -2.96. The maximum atomic E-state index is 14.5. The number of halogens is 3. The number of hydrogen-bond donors (Lipinski definition) is 0. The van der Waals surface area contributed by atoms with E-state index in [0.29, 0.717) is 25.0 Å². The molecule has 4 nitrogen and oxygen atoms in total. The van der Waals surface area contributed by atoms with E-state index in [1.54, 1.807) is 0 Å². The first-order valence-electron chi connectivity index (χ1n) is 7.78. The van der Waals surface area contributed by atoms with E-state index < -0.39 is 23.0 Å². The summed E-state index contributed by atoms with van der Waals surface area (Å²) in [5.41, 5.74) is 0.296. The fourth-order valence-electron chi connectivity index (χ4n) is 3.09. The van der Waals surface area contributed by atoms with Crippen LogP contribution in [0.1, 0.15) is 29.0 Å². The normalized spacial score (nSPS) is 13.8. The van der Waals surface area contributed by atoms with Crippen molar-refractivity contribution < 1.29 is 18.0 Å². The average Bonchev–Trinajstić information content (AvgIpc) is 3.01. The third-order valence-electron chi connectivity index (χ3n) is 4.26. The van der Waals surface area contributed by atoms with Crippen molar-refractivity contribution in [2.45, 2.75) is 19.3 Å². The summed E-state index contributed by atoms with van der Waals surface area (Å²) in [5.74, 6) is -2.66. The van der Waals surface area contributed by atoms with Gasteiger partial charge in [-0.25, -0.2) is 17.9 Å². The number of benzene rings is 2. The van der Waals surface area contributed by atoms with Gasteiger partial charge in [0.25, 0.3) is 0 Å². The summed E-state index contributed by atoms with van der Waals surface area (Å²) in [6, 6.07) is 7.54. The van der Waals surface area contributed by atoms with Crippen LogP contribution in [-0.2, 0) is 6.42 Å². The number of rotatable bonds is 2. The van der Waals surface area contributed by atoms with Gasteiger partial charge in [0.2, 0.25) is 0 Å². The Labute approximate surface area is 140 Å². The lowest BCUT2D eigenvalue weighted by Crippen LogP contribution is -2.13. The summed E-state index contributed by atoms with van der Waals surface area (Å²) in [6.07, 6.45) is 1.57. The molecule has 2 aromatic carbocycles. The first-order valence-corrected chi connectivity index (χ1v) is 7.78. The molecular weight excluding hydrogens is 331 g/mol. The molecule has 0 unspecified atom stereocenters. The van der Waals surface area contributed by atoms with Crippen molar-refractivity contribution in [2.75, 3.05) is 0 Å². The van der Waals surface area contributed by atoms with Crippen LogP contribution in [0.2, 0.25) is 0 Å². The van der Waals surface area contributed by atoms with E-state index >= 15 is 0 Å². The van der Waals surface area contributed by atoms with E-state index in [1.165, 1.54) is 22.9 Å². The molecule has 0 saturated heterocycles. The van der Waals surface area contributed by atoms with Gasteiger partial charge in [-0.15, -0.1) is 5.10 Å². The molecule has 1 heterocycles. The predicted molar refractivity (Wildman–Crippen MR) is 83.9 cm³/mol. The van der Waals surface area contributed by atoms with Crippen molar-refractivity contribution in [3.8, 4) is 16.8 Å². The Kier molecular flexibility index (Phi) is 3.63. The fraction of sp³-hybridized carbons (Fsp3) is 0.167. The highest BCUT2D eigenvalue weighted by molar-refractivity contribution is 5.96. The lowest BCUT2D eigenvalue weighted by molar-refractivity contribution is 0.0967. The molecule has 3 aromatic rings. The molecular formula is C18H12F3N3O. The molecule has 0 amide bonds. The molecule has 1 aromatic heterocycles. The van der Waals surface area contributed by atoms with Crippen molar-refractivity contribution in [1.29, 1.82) is 0 Å². The second-order valence-corrected chi connectivity index (χ2v) is 5.84. The third kappa shape index (κ3) is 2.52. The van der Waals surface area contributed by atoms with Crippen LogP contribution < -0.4 is 0 Å². The van der Waals surface area contributed by atoms with Gasteiger partial charge in [0.05, 0.1) is 16.9 Å². The highest BCUT2D eigenvalue weighted by atomic mass is 19.1. The predicted octanol–water partition coefficient (Wildman–Crippen LogP) is 3.87. The third-order valence-corrected chi connectivity index (χ3v) is 4.26. The van der Waals surface area contributed by atoms with Crippen molar-refractivity contribution in [2.24, 2.45) is 0 Å². The SMILES string of the molecule is O=C1CCCc2c1nnn2-c1cc(F)c(-c2ccccc2F)c(F)c1. The summed E-state index contributed by atoms with van der Waals surface area (Å²) < 4.78 is 44.2. The molecule has 0 atom stereocenters. The second kappa shape index (κ2) is 5.84. The number of carbonyl (C=O) groups is 1. The molecule has 4 rings (SSSR count). The van der Waals surface area contributed by atoms with Gasteiger partial charge in [-0.1, -0.05) is 23.4 Å². The Morgan fingerprint density at radius 3 is 2.40 bits per heavy atom. The molecule has 126 valence electrons. The summed E-state index contributed by atoms with van der Waals surface area (Å²) in [6.45, 7) is 0. The molecule has 0 bridgehead atoms. The number of hydrogen-bond acceptors (Lipinski definition) is 3. The second-order valence-electron chi connectivity index (χ2n) is 5.84. The van der Waals surface area contributed by atoms with Crippen molar-refractivity contribution in [3.63, 3.8) is 0 Å². The topological polar surface area (TPSA) is 47.8 Å². The lowest BCUT2D eigenvalue weighted by Gasteiger charge is -2.13. The number of Topliss-reactive ketones (excluding diaryl/α,β-unsaturated/α-hetero) is 1. The lowest BCUT2D eigenvalue weighted by atomic mass is 9.99. The standard InChI is InChI=1S/C18H12F3N3O/c19-12-5-2-1-4-11(12)17-13(20)8-10(9-14(17)21)24-15-6-3-7-16(25)18(15)22-23-24/h1-2,4-5,8-9H,3,6-7H2. The number of nitrogens with zero attached hydrogens (tertiary/aromatic N) is 3. The van der Waals surface area contributed by atoms with Crippen LogP contribution in [0.5, 0.6) is 0 Å². The first kappa shape index (κ1) is 15.6. The quantitative estimate of drug-likeness (QED) is 0.710. The monoisotopic (exact) mass is 343 g/mol. The summed E-state index contributed by atoms with van der Waals surface area (Å²) in [7, 11) is 0. The molecule has 0 saturated carbocycles. The van der Waals surface area contributed by atoms with Gasteiger partial charge in [0.1, 0.15) is 17.5 Å². The maximum absolute atomic E-state index is 14.5. The molecule has 1 aliphatic rings. The van der Waals surface area contributed by atoms with Gasteiger partial charge < -0.3 is 0 Å². The van der Waals surface area contributed by atoms with E-state index in [-0.39, 0.29) is 22.7 Å². The van der Waals surface area contributed by atoms with E-state index in [4.69, 9.17) is 0 Å². The zero-order valence-corrected chi connectivity index (χ0v) is 13.0. The van der Waals surface area contributed by atoms with Gasteiger partial charge in [-0.3, -0.25) is 4.79 Å². The molecule has 0 spiro atoms. The molecule has 1 aliphatic carbocycles. The van der Waals surface area contributed by atoms with Crippen LogP contribution in [0.4, 0.5) is 13.2 Å². The van der Waals surface area contributed by atoms with Crippen molar-refractivity contribution >= 4 is 5.78 Å². The van der Waals surface area contributed by atoms with Crippen LogP contribution in [0.25, 0.3) is 16.8 Å². The van der Waals surface area contributed by atoms with Crippen LogP contribution in [-0.4, -0.2) is 20.8 Å². The van der Waals surface area contributed by atoms with E-state index in [9.17, 15) is 18.0 Å². The Morgan fingerprint density at radius 2 is 1.68 bits per heavy atom. The van der Waals surface area contributed by atoms with Gasteiger partial charge >= 0.3 is 0 Å². The zero-order valence-electron chi connectivity index (χ0n) is 13.0. The number of fused-ring (bicyclic) bond motifs is 1. The smallest absolute Gasteiger partial charge is 0.185 e. The van der Waals surface area contributed by atoms with E-state index in [0.717, 1.165) is 18.2 Å². The van der Waals surface area contributed by atoms with Gasteiger partial charge in [-0.2, -0.15) is 0 Å². The van der Waals surface area contributed by atoms with Crippen LogP contribution in [0, 0.1) is 17.5 Å². The maximum Gasteiger partial charge on any atom is 0.185 e. The number of ketones is 1. The molecule has 0 radical (unpaired) electrons. The first-order chi connectivity index (χ1) is 12.1.